The van der Waals surface area contributed by atoms with Crippen molar-refractivity contribution in [3.8, 4) is 0 Å². The molecule has 114 valence electrons. The first kappa shape index (κ1) is 15.5. The van der Waals surface area contributed by atoms with E-state index in [1.165, 1.54) is 6.42 Å². The van der Waals surface area contributed by atoms with E-state index in [9.17, 15) is 8.42 Å². The van der Waals surface area contributed by atoms with E-state index in [0.29, 0.717) is 19.6 Å². The number of nitrogens with zero attached hydrogens (tertiary/aromatic N) is 3. The van der Waals surface area contributed by atoms with Gasteiger partial charge in [0, 0.05) is 31.9 Å². The maximum Gasteiger partial charge on any atom is 0.262 e. The molecule has 0 spiro atoms. The Kier molecular flexibility index (Phi) is 5.17. The molecular formula is C13H24N4O2S. The van der Waals surface area contributed by atoms with Crippen LogP contribution in [0.4, 0.5) is 0 Å². The van der Waals surface area contributed by atoms with Crippen molar-refractivity contribution >= 4 is 10.0 Å². The molecule has 0 aliphatic heterocycles. The van der Waals surface area contributed by atoms with Gasteiger partial charge in [0.1, 0.15) is 0 Å². The topological polar surface area (TPSA) is 81.2 Å². The number of rotatable bonds is 6. The van der Waals surface area contributed by atoms with Crippen LogP contribution in [0.25, 0.3) is 0 Å². The summed E-state index contributed by atoms with van der Waals surface area (Å²) in [4.78, 5) is 4.05. The van der Waals surface area contributed by atoms with Gasteiger partial charge >= 0.3 is 0 Å². The fourth-order valence-corrected chi connectivity index (χ4v) is 4.40. The first-order valence-corrected chi connectivity index (χ1v) is 8.77. The molecule has 1 aromatic rings. The van der Waals surface area contributed by atoms with E-state index < -0.39 is 10.0 Å². The minimum absolute atomic E-state index is 0.0732. The van der Waals surface area contributed by atoms with Crippen molar-refractivity contribution in [1.82, 2.24) is 13.9 Å². The fourth-order valence-electron chi connectivity index (χ4n) is 2.76. The molecule has 0 aromatic carbocycles. The van der Waals surface area contributed by atoms with E-state index in [2.05, 4.69) is 4.98 Å². The van der Waals surface area contributed by atoms with Crippen molar-refractivity contribution in [3.05, 3.63) is 12.5 Å². The molecule has 1 aliphatic rings. The third kappa shape index (κ3) is 3.21. The Bertz CT molecular complexity index is 520. The van der Waals surface area contributed by atoms with Gasteiger partial charge in [0.25, 0.3) is 10.0 Å². The lowest BCUT2D eigenvalue weighted by Gasteiger charge is -2.32. The maximum absolute atomic E-state index is 12.7. The van der Waals surface area contributed by atoms with Gasteiger partial charge in [0.05, 0.1) is 6.33 Å². The number of aromatic nitrogens is 2. The Balaban J connectivity index is 2.26. The number of hydrogen-bond acceptors (Lipinski definition) is 4. The predicted octanol–water partition coefficient (Wildman–Crippen LogP) is 1.19. The second kappa shape index (κ2) is 6.69. The first-order valence-electron chi connectivity index (χ1n) is 7.33. The van der Waals surface area contributed by atoms with E-state index in [-0.39, 0.29) is 11.1 Å². The summed E-state index contributed by atoms with van der Waals surface area (Å²) < 4.78 is 28.8. The second-order valence-electron chi connectivity index (χ2n) is 5.24. The summed E-state index contributed by atoms with van der Waals surface area (Å²) in [6.07, 6.45) is 8.38. The highest BCUT2D eigenvalue weighted by Crippen LogP contribution is 2.26. The van der Waals surface area contributed by atoms with Gasteiger partial charge in [-0.3, -0.25) is 0 Å². The molecular weight excluding hydrogens is 276 g/mol. The van der Waals surface area contributed by atoms with Gasteiger partial charge in [-0.15, -0.1) is 0 Å². The summed E-state index contributed by atoms with van der Waals surface area (Å²) in [6.45, 7) is 3.37. The monoisotopic (exact) mass is 300 g/mol. The van der Waals surface area contributed by atoms with Crippen molar-refractivity contribution in [3.63, 3.8) is 0 Å². The minimum Gasteiger partial charge on any atom is -0.336 e. The molecule has 0 radical (unpaired) electrons. The summed E-state index contributed by atoms with van der Waals surface area (Å²) in [5.41, 5.74) is 5.61. The number of aryl methyl sites for hydroxylation is 1. The second-order valence-corrected chi connectivity index (χ2v) is 7.08. The van der Waals surface area contributed by atoms with Crippen molar-refractivity contribution in [2.75, 3.05) is 13.1 Å². The van der Waals surface area contributed by atoms with Crippen LogP contribution in [-0.4, -0.2) is 41.4 Å². The van der Waals surface area contributed by atoms with Gasteiger partial charge in [-0.05, 0) is 19.8 Å². The lowest BCUT2D eigenvalue weighted by Crippen LogP contribution is -2.44. The smallest absolute Gasteiger partial charge is 0.262 e. The average molecular weight is 300 g/mol. The first-order chi connectivity index (χ1) is 9.59. The van der Waals surface area contributed by atoms with Gasteiger partial charge in [-0.2, -0.15) is 4.31 Å². The van der Waals surface area contributed by atoms with Gasteiger partial charge in [0.2, 0.25) is 0 Å². The van der Waals surface area contributed by atoms with Crippen LogP contribution in [0.3, 0.4) is 0 Å². The van der Waals surface area contributed by atoms with Crippen molar-refractivity contribution in [1.29, 1.82) is 0 Å². The van der Waals surface area contributed by atoms with Crippen LogP contribution in [0.1, 0.15) is 39.0 Å². The van der Waals surface area contributed by atoms with Crippen LogP contribution in [0.15, 0.2) is 17.6 Å². The minimum atomic E-state index is -3.53. The van der Waals surface area contributed by atoms with Crippen LogP contribution < -0.4 is 5.73 Å². The lowest BCUT2D eigenvalue weighted by atomic mass is 9.95. The van der Waals surface area contributed by atoms with Crippen molar-refractivity contribution in [2.45, 2.75) is 56.6 Å². The molecule has 0 saturated heterocycles. The number of sulfonamides is 1. The highest BCUT2D eigenvalue weighted by Gasteiger charge is 2.33. The van der Waals surface area contributed by atoms with Crippen LogP contribution >= 0.6 is 0 Å². The fraction of sp³-hybridized carbons (Fsp3) is 0.769. The van der Waals surface area contributed by atoms with E-state index in [1.54, 1.807) is 21.4 Å². The van der Waals surface area contributed by atoms with Gasteiger partial charge < -0.3 is 10.3 Å². The normalized spacial score (nSPS) is 17.8. The Morgan fingerprint density at radius 1 is 1.40 bits per heavy atom. The molecule has 7 heteroatoms. The predicted molar refractivity (Wildman–Crippen MR) is 77.7 cm³/mol. The molecule has 1 heterocycles. The highest BCUT2D eigenvalue weighted by atomic mass is 32.2. The molecule has 0 amide bonds. The van der Waals surface area contributed by atoms with Crippen LogP contribution in [-0.2, 0) is 16.6 Å². The summed E-state index contributed by atoms with van der Waals surface area (Å²) in [5.74, 6) is 0. The van der Waals surface area contributed by atoms with Gasteiger partial charge in [-0.1, -0.05) is 19.3 Å². The largest absolute Gasteiger partial charge is 0.336 e. The standard InChI is InChI=1S/C13H24N4O2S/c1-2-16-10-13(15-11-16)20(18,19)17(9-8-14)12-6-4-3-5-7-12/h10-12H,2-9,14H2,1H3. The Labute approximate surface area is 121 Å². The molecule has 1 fully saturated rings. The number of nitrogens with two attached hydrogens (primary N) is 1. The molecule has 6 nitrogen and oxygen atoms in total. The van der Waals surface area contributed by atoms with Gasteiger partial charge in [-0.25, -0.2) is 13.4 Å². The SMILES string of the molecule is CCn1cnc(S(=O)(=O)N(CCN)C2CCCCC2)c1. The summed E-state index contributed by atoms with van der Waals surface area (Å²) in [5, 5.41) is 0.137. The summed E-state index contributed by atoms with van der Waals surface area (Å²) >= 11 is 0. The van der Waals surface area contributed by atoms with Crippen LogP contribution in [0.5, 0.6) is 0 Å². The molecule has 2 rings (SSSR count). The zero-order valence-corrected chi connectivity index (χ0v) is 12.8. The Morgan fingerprint density at radius 3 is 2.65 bits per heavy atom. The van der Waals surface area contributed by atoms with E-state index in [1.807, 2.05) is 6.92 Å². The summed E-state index contributed by atoms with van der Waals surface area (Å²) in [6, 6.07) is 0.0732. The van der Waals surface area contributed by atoms with E-state index in [0.717, 1.165) is 25.7 Å². The highest BCUT2D eigenvalue weighted by molar-refractivity contribution is 7.89. The zero-order valence-electron chi connectivity index (χ0n) is 12.0. The molecule has 2 N–H and O–H groups in total. The number of imidazole rings is 1. The zero-order chi connectivity index (χ0) is 14.6. The average Bonchev–Trinajstić information content (AvgIpc) is 2.95. The molecule has 1 aliphatic carbocycles. The maximum atomic E-state index is 12.7. The molecule has 20 heavy (non-hydrogen) atoms. The van der Waals surface area contributed by atoms with Crippen molar-refractivity contribution in [2.24, 2.45) is 5.73 Å². The van der Waals surface area contributed by atoms with Gasteiger partial charge in [0.15, 0.2) is 5.03 Å². The Hall–Kier alpha value is -0.920. The van der Waals surface area contributed by atoms with Crippen LogP contribution in [0, 0.1) is 0 Å². The molecule has 0 atom stereocenters. The van der Waals surface area contributed by atoms with Crippen LogP contribution in [0.2, 0.25) is 0 Å². The molecule has 1 aromatic heterocycles. The molecule has 0 unspecified atom stereocenters. The summed E-state index contributed by atoms with van der Waals surface area (Å²) in [7, 11) is -3.53. The molecule has 0 bridgehead atoms. The van der Waals surface area contributed by atoms with Crippen molar-refractivity contribution < 1.29 is 8.42 Å². The third-order valence-corrected chi connectivity index (χ3v) is 5.72. The molecule has 1 saturated carbocycles. The van der Waals surface area contributed by atoms with E-state index in [4.69, 9.17) is 5.73 Å². The Morgan fingerprint density at radius 2 is 2.10 bits per heavy atom. The quantitative estimate of drug-likeness (QED) is 0.855. The third-order valence-electron chi connectivity index (χ3n) is 3.88. The van der Waals surface area contributed by atoms with E-state index >= 15 is 0 Å². The number of hydrogen-bond donors (Lipinski definition) is 1. The lowest BCUT2D eigenvalue weighted by molar-refractivity contribution is 0.257.